The van der Waals surface area contributed by atoms with E-state index in [2.05, 4.69) is 17.1 Å². The minimum Gasteiger partial charge on any atom is -0.349 e. The number of non-ortho nitro benzene ring substituents is 1. The van der Waals surface area contributed by atoms with Gasteiger partial charge in [0, 0.05) is 41.4 Å². The van der Waals surface area contributed by atoms with E-state index in [-0.39, 0.29) is 17.6 Å². The molecule has 128 valence electrons. The van der Waals surface area contributed by atoms with Crippen molar-refractivity contribution in [2.45, 2.75) is 69.1 Å². The molecule has 4 rings (SSSR count). The smallest absolute Gasteiger partial charge is 0.270 e. The normalized spacial score (nSPS) is 34.3. The van der Waals surface area contributed by atoms with Gasteiger partial charge in [0.2, 0.25) is 0 Å². The van der Waals surface area contributed by atoms with Gasteiger partial charge in [-0.2, -0.15) is 0 Å². The highest BCUT2D eigenvalue weighted by Gasteiger charge is 2.59. The summed E-state index contributed by atoms with van der Waals surface area (Å²) in [6.07, 6.45) is 7.00. The first-order valence-corrected chi connectivity index (χ1v) is 8.86. The van der Waals surface area contributed by atoms with E-state index in [9.17, 15) is 14.9 Å². The van der Waals surface area contributed by atoms with Gasteiger partial charge in [-0.05, 0) is 44.6 Å². The summed E-state index contributed by atoms with van der Waals surface area (Å²) in [5, 5.41) is 14.0. The van der Waals surface area contributed by atoms with Gasteiger partial charge in [0.25, 0.3) is 11.6 Å². The van der Waals surface area contributed by atoms with E-state index in [0.717, 1.165) is 12.8 Å². The molecule has 0 radical (unpaired) electrons. The molecule has 24 heavy (non-hydrogen) atoms. The van der Waals surface area contributed by atoms with E-state index in [1.165, 1.54) is 37.8 Å². The van der Waals surface area contributed by atoms with Crippen LogP contribution >= 0.6 is 0 Å². The van der Waals surface area contributed by atoms with Gasteiger partial charge >= 0.3 is 0 Å². The van der Waals surface area contributed by atoms with Crippen LogP contribution in [0.25, 0.3) is 0 Å². The Morgan fingerprint density at radius 1 is 1.42 bits per heavy atom. The van der Waals surface area contributed by atoms with Gasteiger partial charge in [0.05, 0.1) is 4.92 Å². The number of nitro groups is 1. The third-order valence-electron chi connectivity index (χ3n) is 6.32. The lowest BCUT2D eigenvalue weighted by atomic mass is 9.72. The van der Waals surface area contributed by atoms with Crippen LogP contribution in [-0.4, -0.2) is 39.4 Å². The topological polar surface area (TPSA) is 75.5 Å². The second-order valence-corrected chi connectivity index (χ2v) is 7.48. The summed E-state index contributed by atoms with van der Waals surface area (Å²) < 4.78 is 0. The summed E-state index contributed by atoms with van der Waals surface area (Å²) in [4.78, 5) is 25.6. The molecule has 0 bridgehead atoms. The fourth-order valence-electron chi connectivity index (χ4n) is 5.24. The minimum atomic E-state index is -0.466. The molecule has 1 amide bonds. The van der Waals surface area contributed by atoms with Crippen molar-refractivity contribution in [2.24, 2.45) is 0 Å². The zero-order valence-corrected chi connectivity index (χ0v) is 13.9. The molecule has 4 atom stereocenters. The molecule has 6 nitrogen and oxygen atoms in total. The third-order valence-corrected chi connectivity index (χ3v) is 6.32. The number of hydrogen-bond donors (Lipinski definition) is 1. The van der Waals surface area contributed by atoms with E-state index in [1.807, 2.05) is 0 Å². The highest BCUT2D eigenvalue weighted by Crippen LogP contribution is 2.54. The number of piperidine rings is 1. The van der Waals surface area contributed by atoms with Crippen LogP contribution in [0.15, 0.2) is 24.3 Å². The fraction of sp³-hybridized carbons (Fsp3) is 0.611. The van der Waals surface area contributed by atoms with Crippen LogP contribution in [0.1, 0.15) is 55.8 Å². The van der Waals surface area contributed by atoms with Crippen LogP contribution in [0.5, 0.6) is 0 Å². The Morgan fingerprint density at radius 2 is 2.21 bits per heavy atom. The lowest BCUT2D eigenvalue weighted by Crippen LogP contribution is -2.68. The summed E-state index contributed by atoms with van der Waals surface area (Å²) in [7, 11) is 0. The van der Waals surface area contributed by atoms with E-state index < -0.39 is 4.92 Å². The Kier molecular flexibility index (Phi) is 3.60. The van der Waals surface area contributed by atoms with E-state index in [4.69, 9.17) is 0 Å². The largest absolute Gasteiger partial charge is 0.349 e. The van der Waals surface area contributed by atoms with Gasteiger partial charge in [-0.15, -0.1) is 0 Å². The Hall–Kier alpha value is -1.95. The van der Waals surface area contributed by atoms with Crippen molar-refractivity contribution in [3.05, 3.63) is 39.9 Å². The third kappa shape index (κ3) is 2.32. The number of amides is 1. The number of nitro benzene ring substituents is 1. The SMILES string of the molecule is CCC12CCC3CC(NC(=O)c4cccc([N+](=O)[O-])c4)CC(C1)N32. The molecular weight excluding hydrogens is 306 g/mol. The molecular formula is C18H23N3O3. The molecule has 3 saturated heterocycles. The summed E-state index contributed by atoms with van der Waals surface area (Å²) in [5.74, 6) is -0.198. The van der Waals surface area contributed by atoms with Gasteiger partial charge in [0.15, 0.2) is 0 Å². The van der Waals surface area contributed by atoms with Gasteiger partial charge in [-0.25, -0.2) is 0 Å². The maximum atomic E-state index is 12.5. The first-order valence-electron chi connectivity index (χ1n) is 8.86. The van der Waals surface area contributed by atoms with Crippen molar-refractivity contribution in [3.8, 4) is 0 Å². The Morgan fingerprint density at radius 3 is 2.96 bits per heavy atom. The molecule has 0 saturated carbocycles. The molecule has 1 aromatic carbocycles. The van der Waals surface area contributed by atoms with Gasteiger partial charge in [-0.3, -0.25) is 19.8 Å². The quantitative estimate of drug-likeness (QED) is 0.681. The van der Waals surface area contributed by atoms with Crippen molar-refractivity contribution in [1.29, 1.82) is 0 Å². The van der Waals surface area contributed by atoms with Gasteiger partial charge < -0.3 is 5.32 Å². The summed E-state index contributed by atoms with van der Waals surface area (Å²) >= 11 is 0. The zero-order valence-electron chi connectivity index (χ0n) is 13.9. The van der Waals surface area contributed by atoms with E-state index >= 15 is 0 Å². The molecule has 3 aliphatic heterocycles. The molecule has 1 N–H and O–H groups in total. The predicted octanol–water partition coefficient (Wildman–Crippen LogP) is 2.87. The highest BCUT2D eigenvalue weighted by atomic mass is 16.6. The first-order chi connectivity index (χ1) is 11.5. The molecule has 6 heteroatoms. The van der Waals surface area contributed by atoms with Gasteiger partial charge in [-0.1, -0.05) is 13.0 Å². The monoisotopic (exact) mass is 329 g/mol. The van der Waals surface area contributed by atoms with Crippen LogP contribution in [0.2, 0.25) is 0 Å². The van der Waals surface area contributed by atoms with E-state index in [1.54, 1.807) is 12.1 Å². The molecule has 1 aromatic rings. The van der Waals surface area contributed by atoms with Crippen LogP contribution in [0.4, 0.5) is 5.69 Å². The summed E-state index contributed by atoms with van der Waals surface area (Å²) in [5.41, 5.74) is 0.777. The minimum absolute atomic E-state index is 0.0417. The second-order valence-electron chi connectivity index (χ2n) is 7.48. The summed E-state index contributed by atoms with van der Waals surface area (Å²) in [6, 6.07) is 7.33. The predicted molar refractivity (Wildman–Crippen MR) is 89.9 cm³/mol. The first kappa shape index (κ1) is 15.6. The van der Waals surface area contributed by atoms with E-state index in [0.29, 0.717) is 23.2 Å². The van der Waals surface area contributed by atoms with Gasteiger partial charge in [0.1, 0.15) is 0 Å². The van der Waals surface area contributed by atoms with Crippen molar-refractivity contribution < 1.29 is 9.72 Å². The Labute approximate surface area is 141 Å². The molecule has 3 fully saturated rings. The maximum absolute atomic E-state index is 12.5. The van der Waals surface area contributed by atoms with Crippen LogP contribution in [-0.2, 0) is 0 Å². The number of rotatable bonds is 4. The average Bonchev–Trinajstić information content (AvgIpc) is 2.89. The number of carbonyl (C=O) groups is 1. The zero-order chi connectivity index (χ0) is 16.9. The molecule has 3 aliphatic rings. The summed E-state index contributed by atoms with van der Waals surface area (Å²) in [6.45, 7) is 2.29. The molecule has 4 unspecified atom stereocenters. The molecule has 0 aromatic heterocycles. The van der Waals surface area contributed by atoms with Crippen molar-refractivity contribution in [1.82, 2.24) is 10.2 Å². The fourth-order valence-corrected chi connectivity index (χ4v) is 5.24. The highest BCUT2D eigenvalue weighted by molar-refractivity contribution is 5.95. The lowest BCUT2D eigenvalue weighted by molar-refractivity contribution is -0.384. The standard InChI is InChI=1S/C18H23N3O3/c1-2-18-7-6-14-9-13(10-16(11-18)20(14)18)19-17(22)12-4-3-5-15(8-12)21(23)24/h3-5,8,13-14,16H,2,6-7,9-11H2,1H3,(H,19,22). The van der Waals surface area contributed by atoms with Crippen molar-refractivity contribution in [2.75, 3.05) is 0 Å². The number of nitrogens with zero attached hydrogens (tertiary/aromatic N) is 2. The number of benzene rings is 1. The number of nitrogens with one attached hydrogen (secondary N) is 1. The molecule has 0 aliphatic carbocycles. The average molecular weight is 329 g/mol. The Balaban J connectivity index is 1.43. The van der Waals surface area contributed by atoms with Crippen molar-refractivity contribution >= 4 is 11.6 Å². The number of carbonyl (C=O) groups excluding carboxylic acids is 1. The van der Waals surface area contributed by atoms with Crippen LogP contribution < -0.4 is 5.32 Å². The molecule has 3 heterocycles. The number of hydrogen-bond acceptors (Lipinski definition) is 4. The van der Waals surface area contributed by atoms with Crippen LogP contribution in [0.3, 0.4) is 0 Å². The Bertz CT molecular complexity index is 692. The lowest BCUT2D eigenvalue weighted by Gasteiger charge is -2.60. The van der Waals surface area contributed by atoms with Crippen molar-refractivity contribution in [3.63, 3.8) is 0 Å². The maximum Gasteiger partial charge on any atom is 0.270 e. The molecule has 0 spiro atoms. The second kappa shape index (κ2) is 5.55. The van der Waals surface area contributed by atoms with Crippen LogP contribution in [0, 0.1) is 10.1 Å².